The average Bonchev–Trinajstić information content (AvgIpc) is 3.88. The van der Waals surface area contributed by atoms with Crippen molar-refractivity contribution in [2.24, 2.45) is 0 Å². The predicted molar refractivity (Wildman–Crippen MR) is 217 cm³/mol. The van der Waals surface area contributed by atoms with Crippen LogP contribution in [0.3, 0.4) is 0 Å². The lowest BCUT2D eigenvalue weighted by atomic mass is 9.94. The number of nitrogens with zero attached hydrogens (tertiary/aromatic N) is 1. The molecule has 11 rings (SSSR count). The van der Waals surface area contributed by atoms with Crippen molar-refractivity contribution in [2.75, 3.05) is 0 Å². The van der Waals surface area contributed by atoms with Crippen molar-refractivity contribution in [2.45, 2.75) is 0 Å². The van der Waals surface area contributed by atoms with Crippen LogP contribution in [0.1, 0.15) is 0 Å². The number of aromatic nitrogens is 1. The first-order chi connectivity index (χ1) is 25.3. The molecule has 238 valence electrons. The number of hydrogen-bond acceptors (Lipinski definition) is 2. The van der Waals surface area contributed by atoms with Crippen LogP contribution < -0.4 is 0 Å². The minimum Gasteiger partial charge on any atom is -0.456 e. The van der Waals surface area contributed by atoms with E-state index in [9.17, 15) is 0 Å². The second-order valence-electron chi connectivity index (χ2n) is 13.2. The summed E-state index contributed by atoms with van der Waals surface area (Å²) in [4.78, 5) is 0. The third-order valence-corrected chi connectivity index (χ3v) is 11.7. The average molecular weight is 668 g/mol. The van der Waals surface area contributed by atoms with Crippen LogP contribution in [0.25, 0.3) is 103 Å². The lowest BCUT2D eigenvalue weighted by Gasteiger charge is -2.11. The highest BCUT2D eigenvalue weighted by Gasteiger charge is 2.21. The van der Waals surface area contributed by atoms with Crippen LogP contribution >= 0.6 is 11.3 Å². The Morgan fingerprint density at radius 3 is 1.88 bits per heavy atom. The van der Waals surface area contributed by atoms with E-state index in [1.165, 1.54) is 81.0 Å². The summed E-state index contributed by atoms with van der Waals surface area (Å²) in [6, 6.07) is 63.6. The summed E-state index contributed by atoms with van der Waals surface area (Å²) < 4.78 is 11.3. The second kappa shape index (κ2) is 11.0. The first kappa shape index (κ1) is 28.4. The summed E-state index contributed by atoms with van der Waals surface area (Å²) in [7, 11) is 0. The van der Waals surface area contributed by atoms with Crippen LogP contribution in [0.2, 0.25) is 0 Å². The highest BCUT2D eigenvalue weighted by molar-refractivity contribution is 7.27. The molecule has 8 aromatic carbocycles. The topological polar surface area (TPSA) is 18.1 Å². The zero-order chi connectivity index (χ0) is 33.5. The van der Waals surface area contributed by atoms with Gasteiger partial charge in [-0.25, -0.2) is 0 Å². The Balaban J connectivity index is 1.21. The lowest BCUT2D eigenvalue weighted by molar-refractivity contribution is 0.669. The van der Waals surface area contributed by atoms with Crippen LogP contribution in [0.5, 0.6) is 0 Å². The van der Waals surface area contributed by atoms with Gasteiger partial charge in [-0.1, -0.05) is 133 Å². The Hall–Kier alpha value is -6.42. The molecular weight excluding hydrogens is 639 g/mol. The summed E-state index contributed by atoms with van der Waals surface area (Å²) in [5.41, 5.74) is 12.8. The van der Waals surface area contributed by atoms with Gasteiger partial charge in [0.2, 0.25) is 0 Å². The monoisotopic (exact) mass is 667 g/mol. The second-order valence-corrected chi connectivity index (χ2v) is 14.3. The molecule has 3 heterocycles. The van der Waals surface area contributed by atoms with Crippen molar-refractivity contribution in [1.29, 1.82) is 0 Å². The van der Waals surface area contributed by atoms with Gasteiger partial charge in [-0.05, 0) is 75.8 Å². The van der Waals surface area contributed by atoms with Crippen molar-refractivity contribution < 1.29 is 4.42 Å². The molecular formula is C48H29NOS. The standard InChI is InChI=1S/C48H29NOS/c1-3-12-30(13-4-1)32-22-26-42-39(28-32)36-16-7-9-19-41(36)49(42)43-20-11-18-38-46-34(24-25-35(48(46)51-47(38)43)31-14-5-2-6-15-31)33-23-27-45-40(29-33)37-17-8-10-21-44(37)50-45/h1-29H. The Bertz CT molecular complexity index is 3130. The fraction of sp³-hybridized carbons (Fsp3) is 0. The fourth-order valence-corrected chi connectivity index (χ4v) is 9.45. The minimum absolute atomic E-state index is 0.913. The molecule has 11 aromatic rings. The zero-order valence-electron chi connectivity index (χ0n) is 27.5. The van der Waals surface area contributed by atoms with E-state index in [1.807, 2.05) is 23.5 Å². The van der Waals surface area contributed by atoms with Gasteiger partial charge in [0, 0.05) is 37.0 Å². The van der Waals surface area contributed by atoms with Crippen molar-refractivity contribution >= 4 is 75.3 Å². The number of rotatable bonds is 4. The fourth-order valence-electron chi connectivity index (χ4n) is 8.09. The molecule has 0 aliphatic heterocycles. The maximum atomic E-state index is 6.22. The molecule has 3 aromatic heterocycles. The van der Waals surface area contributed by atoms with Crippen LogP contribution in [-0.2, 0) is 0 Å². The molecule has 0 saturated carbocycles. The molecule has 51 heavy (non-hydrogen) atoms. The van der Waals surface area contributed by atoms with Gasteiger partial charge >= 0.3 is 0 Å². The number of benzene rings is 8. The molecule has 0 radical (unpaired) electrons. The van der Waals surface area contributed by atoms with E-state index >= 15 is 0 Å². The van der Waals surface area contributed by atoms with E-state index in [4.69, 9.17) is 4.42 Å². The van der Waals surface area contributed by atoms with E-state index in [1.54, 1.807) is 0 Å². The summed E-state index contributed by atoms with van der Waals surface area (Å²) in [6.45, 7) is 0. The van der Waals surface area contributed by atoms with E-state index in [2.05, 4.69) is 168 Å². The number of hydrogen-bond donors (Lipinski definition) is 0. The van der Waals surface area contributed by atoms with Gasteiger partial charge < -0.3 is 8.98 Å². The molecule has 0 spiro atoms. The van der Waals surface area contributed by atoms with Gasteiger partial charge in [-0.15, -0.1) is 11.3 Å². The quantitative estimate of drug-likeness (QED) is 0.183. The third-order valence-electron chi connectivity index (χ3n) is 10.4. The number of fused-ring (bicyclic) bond motifs is 9. The summed E-state index contributed by atoms with van der Waals surface area (Å²) >= 11 is 1.90. The number of thiophene rings is 1. The SMILES string of the molecule is c1ccc(-c2ccc3c(c2)c2ccccc2n3-c2cccc3c2sc2c(-c4ccccc4)ccc(-c4ccc5oc6ccccc6c5c4)c23)cc1. The molecule has 0 aliphatic rings. The molecule has 0 amide bonds. The molecule has 0 N–H and O–H groups in total. The van der Waals surface area contributed by atoms with Crippen molar-refractivity contribution in [3.63, 3.8) is 0 Å². The molecule has 0 bridgehead atoms. The van der Waals surface area contributed by atoms with Gasteiger partial charge in [0.15, 0.2) is 0 Å². The predicted octanol–water partition coefficient (Wildman–Crippen LogP) is 14.1. The molecule has 0 saturated heterocycles. The largest absolute Gasteiger partial charge is 0.456 e. The number of furan rings is 1. The molecule has 3 heteroatoms. The minimum atomic E-state index is 0.913. The summed E-state index contributed by atoms with van der Waals surface area (Å²) in [6.07, 6.45) is 0. The van der Waals surface area contributed by atoms with Crippen LogP contribution in [0, 0.1) is 0 Å². The van der Waals surface area contributed by atoms with Gasteiger partial charge in [-0.2, -0.15) is 0 Å². The Morgan fingerprint density at radius 1 is 0.373 bits per heavy atom. The summed E-state index contributed by atoms with van der Waals surface area (Å²) in [5, 5.41) is 7.36. The van der Waals surface area contributed by atoms with Crippen LogP contribution in [0.4, 0.5) is 0 Å². The van der Waals surface area contributed by atoms with Gasteiger partial charge in [0.05, 0.1) is 21.4 Å². The molecule has 0 atom stereocenters. The maximum Gasteiger partial charge on any atom is 0.135 e. The number of para-hydroxylation sites is 2. The molecule has 0 fully saturated rings. The van der Waals surface area contributed by atoms with Crippen molar-refractivity contribution in [3.05, 3.63) is 176 Å². The van der Waals surface area contributed by atoms with Gasteiger partial charge in [0.25, 0.3) is 0 Å². The molecule has 0 unspecified atom stereocenters. The maximum absolute atomic E-state index is 6.22. The highest BCUT2D eigenvalue weighted by atomic mass is 32.1. The molecule has 2 nitrogen and oxygen atoms in total. The first-order valence-corrected chi connectivity index (χ1v) is 18.2. The van der Waals surface area contributed by atoms with Gasteiger partial charge in [-0.3, -0.25) is 0 Å². The Labute approximate surface area is 298 Å². The Kier molecular flexibility index (Phi) is 6.16. The Morgan fingerprint density at radius 2 is 1.02 bits per heavy atom. The van der Waals surface area contributed by atoms with Crippen molar-refractivity contribution in [3.8, 4) is 39.1 Å². The highest BCUT2D eigenvalue weighted by Crippen LogP contribution is 2.48. The van der Waals surface area contributed by atoms with E-state index in [0.717, 1.165) is 21.9 Å². The van der Waals surface area contributed by atoms with Crippen molar-refractivity contribution in [1.82, 2.24) is 4.57 Å². The normalized spacial score (nSPS) is 11.9. The van der Waals surface area contributed by atoms with Gasteiger partial charge in [0.1, 0.15) is 11.2 Å². The third kappa shape index (κ3) is 4.29. The summed E-state index contributed by atoms with van der Waals surface area (Å²) in [5.74, 6) is 0. The lowest BCUT2D eigenvalue weighted by Crippen LogP contribution is -1.93. The first-order valence-electron chi connectivity index (χ1n) is 17.3. The van der Waals surface area contributed by atoms with Crippen LogP contribution in [0.15, 0.2) is 180 Å². The zero-order valence-corrected chi connectivity index (χ0v) is 28.3. The smallest absolute Gasteiger partial charge is 0.135 e. The van der Waals surface area contributed by atoms with Crippen LogP contribution in [-0.4, -0.2) is 4.57 Å². The van der Waals surface area contributed by atoms with E-state index < -0.39 is 0 Å². The molecule has 0 aliphatic carbocycles. The van der Waals surface area contributed by atoms with E-state index in [0.29, 0.717) is 0 Å². The van der Waals surface area contributed by atoms with E-state index in [-0.39, 0.29) is 0 Å².